The predicted octanol–water partition coefficient (Wildman–Crippen LogP) is 15.4. The van der Waals surface area contributed by atoms with Crippen molar-refractivity contribution in [1.29, 1.82) is 0 Å². The number of aryl methyl sites for hydroxylation is 2. The van der Waals surface area contributed by atoms with Gasteiger partial charge in [0.05, 0.1) is 12.8 Å². The van der Waals surface area contributed by atoms with Crippen molar-refractivity contribution in [3.8, 4) is 39.3 Å². The fraction of sp³-hybridized carbons (Fsp3) is 0.500. The maximum atomic E-state index is 6.28. The number of rotatable bonds is 7. The molecule has 2 nitrogen and oxygen atoms in total. The van der Waals surface area contributed by atoms with Gasteiger partial charge in [-0.25, -0.2) is 0 Å². The van der Waals surface area contributed by atoms with E-state index in [-0.39, 0.29) is 22.2 Å². The van der Waals surface area contributed by atoms with E-state index in [1.54, 1.807) is 5.56 Å². The Kier molecular flexibility index (Phi) is 8.06. The average Bonchev–Trinajstić information content (AvgIpc) is 3.14. The third-order valence-corrected chi connectivity index (χ3v) is 17.4. The summed E-state index contributed by atoms with van der Waals surface area (Å²) < 4.78 is 6.28. The zero-order valence-corrected chi connectivity index (χ0v) is 38.0. The Morgan fingerprint density at radius 2 is 1.00 bits per heavy atom. The highest BCUT2D eigenvalue weighted by Crippen LogP contribution is 2.78. The summed E-state index contributed by atoms with van der Waals surface area (Å²) in [5.41, 5.74) is 16.7. The Bertz CT molecular complexity index is 2490. The van der Waals surface area contributed by atoms with E-state index in [1.165, 1.54) is 121 Å². The summed E-state index contributed by atoms with van der Waals surface area (Å²) in [5, 5.41) is 0. The van der Waals surface area contributed by atoms with E-state index >= 15 is 0 Å². The van der Waals surface area contributed by atoms with Crippen molar-refractivity contribution in [3.63, 3.8) is 0 Å². The number of aromatic nitrogens is 1. The summed E-state index contributed by atoms with van der Waals surface area (Å²) >= 11 is 0. The molecule has 1 heterocycles. The number of benzene rings is 4. The minimum atomic E-state index is -0.0358. The highest BCUT2D eigenvalue weighted by atomic mass is 16.5. The van der Waals surface area contributed by atoms with Gasteiger partial charge in [-0.1, -0.05) is 144 Å². The van der Waals surface area contributed by atoms with Crippen LogP contribution in [0.15, 0.2) is 103 Å². The second-order valence-corrected chi connectivity index (χ2v) is 24.4. The molecule has 0 spiro atoms. The lowest BCUT2D eigenvalue weighted by atomic mass is 9.31. The first-order chi connectivity index (χ1) is 28.4. The summed E-state index contributed by atoms with van der Waals surface area (Å²) in [4.78, 5) is 5.89. The zero-order chi connectivity index (χ0) is 41.7. The smallest absolute Gasteiger partial charge is 0.122 e. The third kappa shape index (κ3) is 5.96. The molecule has 4 aromatic carbocycles. The molecule has 60 heavy (non-hydrogen) atoms. The molecule has 8 aliphatic carbocycles. The molecular formula is C58H67NO. The first-order valence-corrected chi connectivity index (χ1v) is 23.3. The SMILES string of the molecule is COc1cc(-c2ccccc2-c2cc(C)cc(C34CC5(C)CC(C)(CC(C)(C5)C3)C4)c2)nc(C2C3(C)C[C@]4(C)CC2(c2cc(C)cc(-c5ccccc5)c2)C[C@@](C)(C3)C4)c1. The van der Waals surface area contributed by atoms with Gasteiger partial charge in [0.1, 0.15) is 5.75 Å². The standard InChI is InChI=1S/C58H67NO/c1-38-19-41(40-15-11-10-12-16-40)23-44(22-38)58-36-54(6)30-55(7,37-58)32-56(8,31-54)50(58)49-26-45(60-9)25-48(59-49)47-18-14-13-17-46(47)42-20-39(2)21-43(24-42)57-33-51(3)27-52(4,34-57)29-53(5,28-51)35-57/h10-26,50H,27-37H2,1-9H3/t50?,51?,52?,53?,54-,55-,56?,57?,58?/m1/s1. The summed E-state index contributed by atoms with van der Waals surface area (Å²) in [6.07, 6.45) is 14.3. The normalized spacial score (nSPS) is 38.4. The topological polar surface area (TPSA) is 22.1 Å². The van der Waals surface area contributed by atoms with Crippen molar-refractivity contribution in [2.75, 3.05) is 7.11 Å². The van der Waals surface area contributed by atoms with Crippen LogP contribution in [0.5, 0.6) is 5.75 Å². The van der Waals surface area contributed by atoms with Crippen molar-refractivity contribution < 1.29 is 4.74 Å². The zero-order valence-electron chi connectivity index (χ0n) is 38.0. The molecule has 8 fully saturated rings. The summed E-state index contributed by atoms with van der Waals surface area (Å²) in [6, 6.07) is 39.8. The minimum Gasteiger partial charge on any atom is -0.497 e. The Balaban J connectivity index is 1.06. The lowest BCUT2D eigenvalue weighted by molar-refractivity contribution is -0.169. The number of pyridine rings is 1. The predicted molar refractivity (Wildman–Crippen MR) is 249 cm³/mol. The molecule has 2 heteroatoms. The minimum absolute atomic E-state index is 0.0358. The van der Waals surface area contributed by atoms with E-state index in [1.807, 2.05) is 7.11 Å². The van der Waals surface area contributed by atoms with Crippen LogP contribution >= 0.6 is 0 Å². The number of hydrogen-bond acceptors (Lipinski definition) is 2. The lowest BCUT2D eigenvalue weighted by Crippen LogP contribution is -2.64. The van der Waals surface area contributed by atoms with Gasteiger partial charge in [0.25, 0.3) is 0 Å². The Morgan fingerprint density at radius 1 is 0.483 bits per heavy atom. The number of ether oxygens (including phenoxy) is 1. The van der Waals surface area contributed by atoms with Gasteiger partial charge in [-0.15, -0.1) is 0 Å². The van der Waals surface area contributed by atoms with Gasteiger partial charge in [0, 0.05) is 34.7 Å². The molecule has 8 aliphatic rings. The molecule has 0 aliphatic heterocycles. The number of nitrogens with zero attached hydrogens (tertiary/aromatic N) is 1. The van der Waals surface area contributed by atoms with E-state index in [4.69, 9.17) is 9.72 Å². The van der Waals surface area contributed by atoms with Crippen LogP contribution in [-0.4, -0.2) is 12.1 Å². The van der Waals surface area contributed by atoms with Crippen LogP contribution in [0.1, 0.15) is 146 Å². The van der Waals surface area contributed by atoms with Gasteiger partial charge in [0.15, 0.2) is 0 Å². The van der Waals surface area contributed by atoms with Crippen LogP contribution in [0, 0.1) is 46.3 Å². The first kappa shape index (κ1) is 38.7. The van der Waals surface area contributed by atoms with Crippen LogP contribution in [-0.2, 0) is 10.8 Å². The molecule has 8 bridgehead atoms. The Morgan fingerprint density at radius 3 is 1.60 bits per heavy atom. The number of hydrogen-bond donors (Lipinski definition) is 0. The van der Waals surface area contributed by atoms with Crippen LogP contribution in [0.4, 0.5) is 0 Å². The van der Waals surface area contributed by atoms with Gasteiger partial charge >= 0.3 is 0 Å². The molecule has 8 saturated carbocycles. The fourth-order valence-corrected chi connectivity index (χ4v) is 18.7. The molecule has 0 amide bonds. The van der Waals surface area contributed by atoms with Crippen molar-refractivity contribution in [3.05, 3.63) is 131 Å². The molecule has 5 aromatic rings. The molecule has 0 N–H and O–H groups in total. The molecule has 0 radical (unpaired) electrons. The van der Waals surface area contributed by atoms with Gasteiger partial charge in [0.2, 0.25) is 0 Å². The van der Waals surface area contributed by atoms with Crippen LogP contribution in [0.3, 0.4) is 0 Å². The van der Waals surface area contributed by atoms with Gasteiger partial charge in [-0.2, -0.15) is 0 Å². The number of methoxy groups -OCH3 is 1. The largest absolute Gasteiger partial charge is 0.497 e. The highest BCUT2D eigenvalue weighted by molar-refractivity contribution is 5.83. The van der Waals surface area contributed by atoms with E-state index in [0.717, 1.165) is 11.4 Å². The maximum Gasteiger partial charge on any atom is 0.122 e. The molecular weight excluding hydrogens is 727 g/mol. The van der Waals surface area contributed by atoms with E-state index < -0.39 is 0 Å². The molecule has 0 saturated heterocycles. The fourth-order valence-electron chi connectivity index (χ4n) is 18.7. The van der Waals surface area contributed by atoms with Crippen molar-refractivity contribution >= 4 is 0 Å². The molecule has 1 aromatic heterocycles. The second-order valence-electron chi connectivity index (χ2n) is 24.4. The van der Waals surface area contributed by atoms with Gasteiger partial charge in [-0.05, 0) is 156 Å². The monoisotopic (exact) mass is 794 g/mol. The van der Waals surface area contributed by atoms with Crippen LogP contribution in [0.25, 0.3) is 33.5 Å². The van der Waals surface area contributed by atoms with Gasteiger partial charge in [-0.3, -0.25) is 4.98 Å². The summed E-state index contributed by atoms with van der Waals surface area (Å²) in [7, 11) is 1.84. The Hall–Kier alpha value is -4.17. The van der Waals surface area contributed by atoms with Crippen LogP contribution < -0.4 is 4.74 Å². The van der Waals surface area contributed by atoms with E-state index in [9.17, 15) is 0 Å². The molecule has 1 unspecified atom stereocenters. The quantitative estimate of drug-likeness (QED) is 0.164. The van der Waals surface area contributed by atoms with E-state index in [0.29, 0.717) is 27.1 Å². The van der Waals surface area contributed by atoms with Crippen molar-refractivity contribution in [2.24, 2.45) is 32.5 Å². The summed E-state index contributed by atoms with van der Waals surface area (Å²) in [6.45, 7) is 20.3. The summed E-state index contributed by atoms with van der Waals surface area (Å²) in [5.74, 6) is 1.18. The Labute approximate surface area is 361 Å². The van der Waals surface area contributed by atoms with Gasteiger partial charge < -0.3 is 4.74 Å². The van der Waals surface area contributed by atoms with Crippen molar-refractivity contribution in [1.82, 2.24) is 4.98 Å². The molecule has 13 rings (SSSR count). The first-order valence-electron chi connectivity index (χ1n) is 23.3. The van der Waals surface area contributed by atoms with E-state index in [2.05, 4.69) is 159 Å². The highest BCUT2D eigenvalue weighted by Gasteiger charge is 2.70. The average molecular weight is 794 g/mol. The van der Waals surface area contributed by atoms with Crippen LogP contribution in [0.2, 0.25) is 0 Å². The maximum absolute atomic E-state index is 6.28. The molecule has 310 valence electrons. The lowest BCUT2D eigenvalue weighted by Gasteiger charge is -2.72. The molecule has 3 atom stereocenters. The van der Waals surface area contributed by atoms with Crippen molar-refractivity contribution in [2.45, 2.75) is 143 Å². The second kappa shape index (κ2) is 12.5. The third-order valence-electron chi connectivity index (χ3n) is 17.4.